The molecule has 1 amide bonds. The second-order valence-electron chi connectivity index (χ2n) is 2.92. The van der Waals surface area contributed by atoms with E-state index in [0.29, 0.717) is 6.61 Å². The Bertz CT molecular complexity index is 293. The number of carbonyl (C=O) groups excluding carboxylic acids is 1. The van der Waals surface area contributed by atoms with Crippen LogP contribution in [-0.4, -0.2) is 12.5 Å². The molecule has 3 heteroatoms. The molecule has 0 saturated carbocycles. The molecule has 1 rings (SSSR count). The molecule has 0 atom stereocenters. The van der Waals surface area contributed by atoms with Crippen molar-refractivity contribution in [3.8, 4) is 5.75 Å². The molecule has 0 heterocycles. The van der Waals surface area contributed by atoms with Crippen molar-refractivity contribution in [2.75, 3.05) is 11.9 Å². The third kappa shape index (κ3) is 3.47. The van der Waals surface area contributed by atoms with Crippen LogP contribution in [-0.2, 0) is 4.79 Å². The minimum absolute atomic E-state index is 0.313. The van der Waals surface area contributed by atoms with Gasteiger partial charge in [0.1, 0.15) is 5.75 Å². The van der Waals surface area contributed by atoms with Crippen LogP contribution < -0.4 is 10.1 Å². The SMILES string of the molecule is [CH2]C(=O)Nc1ccc(OCCC)cc1. The Kier molecular flexibility index (Phi) is 3.98. The molecule has 0 aliphatic rings. The van der Waals surface area contributed by atoms with Crippen LogP contribution in [0.5, 0.6) is 5.75 Å². The van der Waals surface area contributed by atoms with Crippen LogP contribution in [0, 0.1) is 6.92 Å². The molecule has 0 aliphatic carbocycles. The zero-order chi connectivity index (χ0) is 10.4. The van der Waals surface area contributed by atoms with E-state index in [1.165, 1.54) is 0 Å². The van der Waals surface area contributed by atoms with Crippen molar-refractivity contribution < 1.29 is 9.53 Å². The summed E-state index contributed by atoms with van der Waals surface area (Å²) >= 11 is 0. The van der Waals surface area contributed by atoms with Crippen LogP contribution in [0.2, 0.25) is 0 Å². The number of carbonyl (C=O) groups is 1. The van der Waals surface area contributed by atoms with Crippen molar-refractivity contribution >= 4 is 11.6 Å². The molecule has 75 valence electrons. The van der Waals surface area contributed by atoms with Crippen LogP contribution in [0.4, 0.5) is 5.69 Å². The molecule has 0 fully saturated rings. The van der Waals surface area contributed by atoms with Crippen molar-refractivity contribution in [2.45, 2.75) is 13.3 Å². The Balaban J connectivity index is 2.54. The number of hydrogen-bond donors (Lipinski definition) is 1. The lowest BCUT2D eigenvalue weighted by molar-refractivity contribution is -0.112. The monoisotopic (exact) mass is 192 g/mol. The van der Waals surface area contributed by atoms with Gasteiger partial charge in [-0.15, -0.1) is 0 Å². The predicted octanol–water partition coefficient (Wildman–Crippen LogP) is 2.25. The van der Waals surface area contributed by atoms with Gasteiger partial charge in [0, 0.05) is 12.6 Å². The van der Waals surface area contributed by atoms with Gasteiger partial charge in [0.25, 0.3) is 0 Å². The fourth-order valence-electron chi connectivity index (χ4n) is 1.02. The largest absolute Gasteiger partial charge is 0.494 e. The summed E-state index contributed by atoms with van der Waals surface area (Å²) in [5.41, 5.74) is 0.730. The summed E-state index contributed by atoms with van der Waals surface area (Å²) in [6.07, 6.45) is 0.983. The quantitative estimate of drug-likeness (QED) is 0.794. The van der Waals surface area contributed by atoms with Crippen molar-refractivity contribution in [3.05, 3.63) is 31.2 Å². The lowest BCUT2D eigenvalue weighted by Crippen LogP contribution is -2.05. The molecule has 14 heavy (non-hydrogen) atoms. The van der Waals surface area contributed by atoms with Crippen LogP contribution in [0.25, 0.3) is 0 Å². The Morgan fingerprint density at radius 2 is 2.07 bits per heavy atom. The van der Waals surface area contributed by atoms with Gasteiger partial charge in [-0.1, -0.05) is 6.92 Å². The summed E-state index contributed by atoms with van der Waals surface area (Å²) in [6, 6.07) is 7.21. The maximum absolute atomic E-state index is 10.6. The Morgan fingerprint density at radius 3 is 2.57 bits per heavy atom. The lowest BCUT2D eigenvalue weighted by atomic mass is 10.3. The molecule has 0 unspecified atom stereocenters. The standard InChI is InChI=1S/C11H14NO2/c1-3-8-14-11-6-4-10(5-7-11)12-9(2)13/h4-7H,2-3,8H2,1H3,(H,12,13). The highest BCUT2D eigenvalue weighted by Gasteiger charge is 1.96. The fraction of sp³-hybridized carbons (Fsp3) is 0.273. The molecule has 1 aromatic carbocycles. The number of ether oxygens (including phenoxy) is 1. The average Bonchev–Trinajstić information content (AvgIpc) is 2.16. The van der Waals surface area contributed by atoms with E-state index in [0.717, 1.165) is 17.9 Å². The number of hydrogen-bond acceptors (Lipinski definition) is 2. The number of benzene rings is 1. The molecule has 0 spiro atoms. The molecular weight excluding hydrogens is 178 g/mol. The number of nitrogens with one attached hydrogen (secondary N) is 1. The average molecular weight is 192 g/mol. The minimum Gasteiger partial charge on any atom is -0.494 e. The van der Waals surface area contributed by atoms with Crippen molar-refractivity contribution in [1.82, 2.24) is 0 Å². The molecular formula is C11H14NO2. The van der Waals surface area contributed by atoms with Gasteiger partial charge in [-0.3, -0.25) is 4.79 Å². The van der Waals surface area contributed by atoms with E-state index in [2.05, 4.69) is 19.2 Å². The van der Waals surface area contributed by atoms with Gasteiger partial charge in [0.2, 0.25) is 5.91 Å². The van der Waals surface area contributed by atoms with Gasteiger partial charge in [-0.2, -0.15) is 0 Å². The maximum Gasteiger partial charge on any atom is 0.224 e. The first-order valence-corrected chi connectivity index (χ1v) is 4.58. The first-order valence-electron chi connectivity index (χ1n) is 4.58. The molecule has 3 nitrogen and oxygen atoms in total. The molecule has 0 aromatic heterocycles. The van der Waals surface area contributed by atoms with Gasteiger partial charge in [0.05, 0.1) is 6.61 Å². The molecule has 1 N–H and O–H groups in total. The third-order valence-corrected chi connectivity index (χ3v) is 1.61. The van der Waals surface area contributed by atoms with E-state index in [-0.39, 0.29) is 5.91 Å². The number of amides is 1. The van der Waals surface area contributed by atoms with Crippen LogP contribution in [0.3, 0.4) is 0 Å². The third-order valence-electron chi connectivity index (χ3n) is 1.61. The van der Waals surface area contributed by atoms with E-state index in [1.807, 2.05) is 12.1 Å². The first kappa shape index (κ1) is 10.6. The van der Waals surface area contributed by atoms with E-state index in [4.69, 9.17) is 4.74 Å². The first-order chi connectivity index (χ1) is 6.72. The lowest BCUT2D eigenvalue weighted by Gasteiger charge is -2.05. The Hall–Kier alpha value is -1.51. The smallest absolute Gasteiger partial charge is 0.224 e. The fourth-order valence-corrected chi connectivity index (χ4v) is 1.02. The van der Waals surface area contributed by atoms with E-state index < -0.39 is 0 Å². The topological polar surface area (TPSA) is 38.3 Å². The zero-order valence-corrected chi connectivity index (χ0v) is 8.25. The van der Waals surface area contributed by atoms with Crippen molar-refractivity contribution in [3.63, 3.8) is 0 Å². The van der Waals surface area contributed by atoms with Crippen molar-refractivity contribution in [1.29, 1.82) is 0 Å². The number of rotatable bonds is 4. The molecule has 0 aliphatic heterocycles. The highest BCUT2D eigenvalue weighted by molar-refractivity contribution is 5.93. The van der Waals surface area contributed by atoms with Gasteiger partial charge < -0.3 is 10.1 Å². The normalized spacial score (nSPS) is 9.57. The number of anilines is 1. The van der Waals surface area contributed by atoms with Crippen molar-refractivity contribution in [2.24, 2.45) is 0 Å². The van der Waals surface area contributed by atoms with E-state index in [9.17, 15) is 4.79 Å². The Labute approximate surface area is 84.1 Å². The summed E-state index contributed by atoms with van der Waals surface area (Å²) in [5, 5.41) is 2.58. The van der Waals surface area contributed by atoms with Crippen LogP contribution in [0.15, 0.2) is 24.3 Å². The summed E-state index contributed by atoms with van der Waals surface area (Å²) < 4.78 is 5.39. The summed E-state index contributed by atoms with van der Waals surface area (Å²) in [4.78, 5) is 10.6. The van der Waals surface area contributed by atoms with Gasteiger partial charge in [-0.25, -0.2) is 0 Å². The second-order valence-corrected chi connectivity index (χ2v) is 2.92. The summed E-state index contributed by atoms with van der Waals surface area (Å²) in [7, 11) is 0. The van der Waals surface area contributed by atoms with E-state index in [1.54, 1.807) is 12.1 Å². The van der Waals surface area contributed by atoms with Gasteiger partial charge in [0.15, 0.2) is 0 Å². The molecule has 0 bridgehead atoms. The maximum atomic E-state index is 10.6. The second kappa shape index (κ2) is 5.27. The van der Waals surface area contributed by atoms with E-state index >= 15 is 0 Å². The van der Waals surface area contributed by atoms with Gasteiger partial charge in [-0.05, 0) is 30.7 Å². The summed E-state index contributed by atoms with van der Waals surface area (Å²) in [6.45, 7) is 5.99. The zero-order valence-electron chi connectivity index (χ0n) is 8.25. The minimum atomic E-state index is -0.313. The summed E-state index contributed by atoms with van der Waals surface area (Å²) in [5.74, 6) is 0.501. The van der Waals surface area contributed by atoms with Crippen LogP contribution in [0.1, 0.15) is 13.3 Å². The highest BCUT2D eigenvalue weighted by atomic mass is 16.5. The highest BCUT2D eigenvalue weighted by Crippen LogP contribution is 2.15. The van der Waals surface area contributed by atoms with Crippen LogP contribution >= 0.6 is 0 Å². The molecule has 1 aromatic rings. The molecule has 0 saturated heterocycles. The van der Waals surface area contributed by atoms with Gasteiger partial charge >= 0.3 is 0 Å². The predicted molar refractivity (Wildman–Crippen MR) is 56.2 cm³/mol. The Morgan fingerprint density at radius 1 is 1.43 bits per heavy atom. The molecule has 1 radical (unpaired) electrons.